The van der Waals surface area contributed by atoms with Crippen LogP contribution in [0.15, 0.2) is 0 Å². The maximum atomic E-state index is 5.84. The Kier molecular flexibility index (Phi) is 6.89. The van der Waals surface area contributed by atoms with E-state index in [9.17, 15) is 0 Å². The Balaban J connectivity index is 2.38. The monoisotopic (exact) mass is 292 g/mol. The molecule has 0 aromatic carbocycles. The quantitative estimate of drug-likeness (QED) is 0.695. The molecule has 0 spiro atoms. The van der Waals surface area contributed by atoms with E-state index >= 15 is 0 Å². The summed E-state index contributed by atoms with van der Waals surface area (Å²) in [5.41, 5.74) is 0. The fraction of sp³-hybridized carbons (Fsp3) is 1.00. The van der Waals surface area contributed by atoms with Gasteiger partial charge in [-0.25, -0.2) is 0 Å². The molecule has 1 aliphatic heterocycles. The molecule has 96 valence electrons. The third-order valence-electron chi connectivity index (χ3n) is 3.21. The van der Waals surface area contributed by atoms with Crippen molar-refractivity contribution in [3.05, 3.63) is 0 Å². The van der Waals surface area contributed by atoms with Crippen molar-refractivity contribution in [3.8, 4) is 0 Å². The van der Waals surface area contributed by atoms with E-state index in [0.717, 1.165) is 44.7 Å². The van der Waals surface area contributed by atoms with Crippen molar-refractivity contribution in [1.29, 1.82) is 0 Å². The molecule has 1 aliphatic rings. The summed E-state index contributed by atoms with van der Waals surface area (Å²) in [6, 6.07) is 0.596. The van der Waals surface area contributed by atoms with Gasteiger partial charge in [-0.1, -0.05) is 22.9 Å². The summed E-state index contributed by atoms with van der Waals surface area (Å²) in [6.07, 6.45) is 0.384. The van der Waals surface area contributed by atoms with Crippen LogP contribution in [0, 0.1) is 0 Å². The summed E-state index contributed by atoms with van der Waals surface area (Å²) in [6.45, 7) is 13.1. The zero-order chi connectivity index (χ0) is 12.0. The molecule has 1 unspecified atom stereocenters. The Morgan fingerprint density at radius 2 is 2.25 bits per heavy atom. The van der Waals surface area contributed by atoms with Crippen LogP contribution in [0.25, 0.3) is 0 Å². The zero-order valence-electron chi connectivity index (χ0n) is 10.8. The summed E-state index contributed by atoms with van der Waals surface area (Å²) in [5.74, 6) is 0. The second-order valence-electron chi connectivity index (χ2n) is 4.66. The summed E-state index contributed by atoms with van der Waals surface area (Å²) in [4.78, 5) is 4.96. The van der Waals surface area contributed by atoms with Gasteiger partial charge in [0, 0.05) is 37.6 Å². The minimum Gasteiger partial charge on any atom is -0.374 e. The molecule has 0 bridgehead atoms. The number of morpholine rings is 1. The zero-order valence-corrected chi connectivity index (χ0v) is 12.4. The second-order valence-corrected chi connectivity index (χ2v) is 5.46. The molecular formula is C12H25BrN2O. The summed E-state index contributed by atoms with van der Waals surface area (Å²) in [7, 11) is 0. The molecule has 4 heteroatoms. The van der Waals surface area contributed by atoms with Crippen LogP contribution < -0.4 is 0 Å². The third-order valence-corrected chi connectivity index (χ3v) is 3.56. The van der Waals surface area contributed by atoms with Crippen LogP contribution in [0.5, 0.6) is 0 Å². The molecule has 1 rings (SSSR count). The van der Waals surface area contributed by atoms with Crippen LogP contribution in [0.4, 0.5) is 0 Å². The molecule has 0 saturated carbocycles. The highest BCUT2D eigenvalue weighted by Gasteiger charge is 2.22. The normalized spacial score (nSPS) is 23.2. The number of hydrogen-bond acceptors (Lipinski definition) is 3. The van der Waals surface area contributed by atoms with E-state index in [2.05, 4.69) is 46.5 Å². The SMILES string of the molecule is CCN1CCOC(CN(CCBr)C(C)C)C1. The van der Waals surface area contributed by atoms with E-state index in [0.29, 0.717) is 12.1 Å². The molecule has 1 fully saturated rings. The van der Waals surface area contributed by atoms with Crippen LogP contribution in [0.3, 0.4) is 0 Å². The van der Waals surface area contributed by atoms with Gasteiger partial charge in [0.1, 0.15) is 0 Å². The fourth-order valence-corrected chi connectivity index (χ4v) is 2.56. The van der Waals surface area contributed by atoms with E-state index in [1.165, 1.54) is 0 Å². The lowest BCUT2D eigenvalue weighted by atomic mass is 10.2. The Hall–Kier alpha value is 0.360. The first-order valence-corrected chi connectivity index (χ1v) is 7.43. The predicted molar refractivity (Wildman–Crippen MR) is 72.4 cm³/mol. The van der Waals surface area contributed by atoms with Crippen molar-refractivity contribution >= 4 is 15.9 Å². The maximum absolute atomic E-state index is 5.84. The number of ether oxygens (including phenoxy) is 1. The Labute approximate surface area is 108 Å². The van der Waals surface area contributed by atoms with Gasteiger partial charge in [0.2, 0.25) is 0 Å². The van der Waals surface area contributed by atoms with Crippen molar-refractivity contribution in [2.24, 2.45) is 0 Å². The van der Waals surface area contributed by atoms with Gasteiger partial charge in [-0.05, 0) is 20.4 Å². The van der Waals surface area contributed by atoms with Gasteiger partial charge in [0.25, 0.3) is 0 Å². The lowest BCUT2D eigenvalue weighted by Gasteiger charge is -2.36. The Morgan fingerprint density at radius 3 is 2.81 bits per heavy atom. The molecule has 3 nitrogen and oxygen atoms in total. The molecule has 0 amide bonds. The van der Waals surface area contributed by atoms with Crippen LogP contribution in [0.2, 0.25) is 0 Å². The standard InChI is InChI=1S/C12H25BrN2O/c1-4-14-7-8-16-12(9-14)10-15(6-5-13)11(2)3/h11-12H,4-10H2,1-3H3. The lowest BCUT2D eigenvalue weighted by Crippen LogP contribution is -2.49. The van der Waals surface area contributed by atoms with Crippen molar-refractivity contribution in [3.63, 3.8) is 0 Å². The van der Waals surface area contributed by atoms with Crippen LogP contribution in [-0.2, 0) is 4.74 Å². The summed E-state index contributed by atoms with van der Waals surface area (Å²) in [5, 5.41) is 1.04. The third kappa shape index (κ3) is 4.70. The lowest BCUT2D eigenvalue weighted by molar-refractivity contribution is -0.0446. The number of nitrogens with zero attached hydrogens (tertiary/aromatic N) is 2. The van der Waals surface area contributed by atoms with Crippen molar-refractivity contribution in [1.82, 2.24) is 9.80 Å². The average Bonchev–Trinajstić information content (AvgIpc) is 2.28. The van der Waals surface area contributed by atoms with Crippen LogP contribution in [-0.4, -0.2) is 66.6 Å². The number of hydrogen-bond donors (Lipinski definition) is 0. The number of likely N-dealkylation sites (N-methyl/N-ethyl adjacent to an activating group) is 1. The molecule has 0 aromatic rings. The highest BCUT2D eigenvalue weighted by molar-refractivity contribution is 9.09. The van der Waals surface area contributed by atoms with Gasteiger partial charge in [-0.2, -0.15) is 0 Å². The minimum absolute atomic E-state index is 0.384. The van der Waals surface area contributed by atoms with Gasteiger partial charge in [0.05, 0.1) is 12.7 Å². The molecule has 1 atom stereocenters. The topological polar surface area (TPSA) is 15.7 Å². The minimum atomic E-state index is 0.384. The highest BCUT2D eigenvalue weighted by Crippen LogP contribution is 2.09. The van der Waals surface area contributed by atoms with E-state index in [-0.39, 0.29) is 0 Å². The molecule has 16 heavy (non-hydrogen) atoms. The molecular weight excluding hydrogens is 268 g/mol. The average molecular weight is 293 g/mol. The molecule has 1 saturated heterocycles. The van der Waals surface area contributed by atoms with Crippen molar-refractivity contribution in [2.45, 2.75) is 32.9 Å². The summed E-state index contributed by atoms with van der Waals surface area (Å²) >= 11 is 3.52. The van der Waals surface area contributed by atoms with Gasteiger partial charge >= 0.3 is 0 Å². The Bertz CT molecular complexity index is 190. The fourth-order valence-electron chi connectivity index (χ4n) is 2.11. The second kappa shape index (κ2) is 7.64. The molecule has 0 aliphatic carbocycles. The number of rotatable bonds is 6. The van der Waals surface area contributed by atoms with Gasteiger partial charge in [0.15, 0.2) is 0 Å². The van der Waals surface area contributed by atoms with Crippen molar-refractivity contribution in [2.75, 3.05) is 44.7 Å². The summed E-state index contributed by atoms with van der Waals surface area (Å²) < 4.78 is 5.84. The first-order chi connectivity index (χ1) is 7.67. The first-order valence-electron chi connectivity index (χ1n) is 6.31. The van der Waals surface area contributed by atoms with E-state index in [1.54, 1.807) is 0 Å². The van der Waals surface area contributed by atoms with Crippen molar-refractivity contribution < 1.29 is 4.74 Å². The van der Waals surface area contributed by atoms with Crippen LogP contribution in [0.1, 0.15) is 20.8 Å². The largest absolute Gasteiger partial charge is 0.374 e. The van der Waals surface area contributed by atoms with E-state index in [1.807, 2.05) is 0 Å². The van der Waals surface area contributed by atoms with Gasteiger partial charge in [-0.3, -0.25) is 9.80 Å². The van der Waals surface area contributed by atoms with Gasteiger partial charge in [-0.15, -0.1) is 0 Å². The van der Waals surface area contributed by atoms with E-state index in [4.69, 9.17) is 4.74 Å². The molecule has 0 N–H and O–H groups in total. The highest BCUT2D eigenvalue weighted by atomic mass is 79.9. The molecule has 0 aromatic heterocycles. The van der Waals surface area contributed by atoms with Gasteiger partial charge < -0.3 is 4.74 Å². The molecule has 0 radical (unpaired) electrons. The predicted octanol–water partition coefficient (Wildman–Crippen LogP) is 1.81. The molecule has 1 heterocycles. The smallest absolute Gasteiger partial charge is 0.0829 e. The Morgan fingerprint density at radius 1 is 1.50 bits per heavy atom. The number of alkyl halides is 1. The van der Waals surface area contributed by atoms with Crippen LogP contribution >= 0.6 is 15.9 Å². The maximum Gasteiger partial charge on any atom is 0.0829 e. The first kappa shape index (κ1) is 14.4. The number of halogens is 1. The van der Waals surface area contributed by atoms with E-state index < -0.39 is 0 Å².